The predicted octanol–water partition coefficient (Wildman–Crippen LogP) is 5.36. The molecule has 0 aliphatic carbocycles. The van der Waals surface area contributed by atoms with Crippen LogP contribution in [0.2, 0.25) is 0 Å². The van der Waals surface area contributed by atoms with Crippen molar-refractivity contribution < 1.29 is 4.74 Å². The molecule has 2 aromatic rings. The fourth-order valence-corrected chi connectivity index (χ4v) is 5.03. The molecule has 0 N–H and O–H groups in total. The molecule has 0 unspecified atom stereocenters. The molecule has 1 aliphatic rings. The maximum atomic E-state index is 5.96. The number of rotatable bonds is 8. The minimum Gasteiger partial charge on any atom is -0.381 e. The predicted molar refractivity (Wildman–Crippen MR) is 114 cm³/mol. The second-order valence-corrected chi connectivity index (χ2v) is 9.64. The van der Waals surface area contributed by atoms with Crippen LogP contribution < -0.4 is 0 Å². The molecule has 0 saturated carbocycles. The van der Waals surface area contributed by atoms with Gasteiger partial charge in [-0.05, 0) is 89.1 Å². The molecule has 27 heavy (non-hydrogen) atoms. The Labute approximate surface area is 168 Å². The number of likely N-dealkylation sites (tertiary alicyclic amines) is 1. The third-order valence-electron chi connectivity index (χ3n) is 6.15. The molecule has 3 rings (SSSR count). The summed E-state index contributed by atoms with van der Waals surface area (Å²) in [5, 5.41) is 2.26. The lowest BCUT2D eigenvalue weighted by Gasteiger charge is -2.38. The van der Waals surface area contributed by atoms with Crippen LogP contribution in [0.5, 0.6) is 0 Å². The first-order chi connectivity index (χ1) is 12.8. The number of ether oxygens (including phenoxy) is 1. The van der Waals surface area contributed by atoms with E-state index in [9.17, 15) is 0 Å². The zero-order valence-electron chi connectivity index (χ0n) is 17.5. The molecule has 1 saturated heterocycles. The molecule has 0 spiro atoms. The quantitative estimate of drug-likeness (QED) is 0.611. The number of nitrogens with zero attached hydrogens (tertiary/aromatic N) is 2. The Balaban J connectivity index is 1.73. The van der Waals surface area contributed by atoms with Gasteiger partial charge in [0, 0.05) is 40.9 Å². The lowest BCUT2D eigenvalue weighted by atomic mass is 9.82. The second-order valence-electron chi connectivity index (χ2n) is 8.65. The summed E-state index contributed by atoms with van der Waals surface area (Å²) in [5.41, 5.74) is 4.01. The Morgan fingerprint density at radius 2 is 2.11 bits per heavy atom. The van der Waals surface area contributed by atoms with Crippen molar-refractivity contribution in [2.75, 3.05) is 26.3 Å². The monoisotopic (exact) mass is 386 g/mol. The highest BCUT2D eigenvalue weighted by molar-refractivity contribution is 7.10. The summed E-state index contributed by atoms with van der Waals surface area (Å²) in [6.07, 6.45) is 5.62. The van der Waals surface area contributed by atoms with Crippen molar-refractivity contribution in [2.24, 2.45) is 5.41 Å². The van der Waals surface area contributed by atoms with Gasteiger partial charge in [-0.1, -0.05) is 6.07 Å². The van der Waals surface area contributed by atoms with E-state index in [1.54, 1.807) is 0 Å². The second kappa shape index (κ2) is 8.42. The molecule has 3 heterocycles. The van der Waals surface area contributed by atoms with Crippen molar-refractivity contribution in [3.8, 4) is 0 Å². The van der Waals surface area contributed by atoms with Gasteiger partial charge in [0.1, 0.15) is 0 Å². The molecular formula is C23H34N2OS. The van der Waals surface area contributed by atoms with E-state index in [1.165, 1.54) is 28.8 Å². The van der Waals surface area contributed by atoms with Crippen LogP contribution in [-0.2, 0) is 16.7 Å². The highest BCUT2D eigenvalue weighted by atomic mass is 32.1. The number of aryl methyl sites for hydroxylation is 3. The molecule has 3 nitrogen and oxygen atoms in total. The number of hydrogen-bond donors (Lipinski definition) is 0. The SMILES string of the molecule is CCOC[C@@]1(CCc2cc(C)cs2)CCN(C(C)(C)c2ccc(C)nc2)C1. The van der Waals surface area contributed by atoms with Crippen LogP contribution in [0.4, 0.5) is 0 Å². The number of thiophene rings is 1. The Bertz CT molecular complexity index is 737. The highest BCUT2D eigenvalue weighted by Gasteiger charge is 2.43. The standard InChI is InChI=1S/C23H34N2OS/c1-6-26-17-23(10-9-21-13-18(2)15-27-21)11-12-25(16-23)22(4,5)20-8-7-19(3)24-14-20/h7-8,13-15H,6,9-12,16-17H2,1-5H3/t23-/m0/s1. The fourth-order valence-electron chi connectivity index (χ4n) is 4.15. The molecule has 0 aromatic carbocycles. The van der Waals surface area contributed by atoms with Crippen LogP contribution in [0, 0.1) is 19.3 Å². The van der Waals surface area contributed by atoms with Crippen molar-refractivity contribution in [3.05, 3.63) is 51.5 Å². The summed E-state index contributed by atoms with van der Waals surface area (Å²) >= 11 is 1.90. The van der Waals surface area contributed by atoms with Gasteiger partial charge >= 0.3 is 0 Å². The van der Waals surface area contributed by atoms with Gasteiger partial charge in [-0.25, -0.2) is 0 Å². The summed E-state index contributed by atoms with van der Waals surface area (Å²) < 4.78 is 5.96. The highest BCUT2D eigenvalue weighted by Crippen LogP contribution is 2.42. The van der Waals surface area contributed by atoms with E-state index in [0.29, 0.717) is 0 Å². The van der Waals surface area contributed by atoms with Gasteiger partial charge < -0.3 is 4.74 Å². The van der Waals surface area contributed by atoms with Crippen molar-refractivity contribution >= 4 is 11.3 Å². The van der Waals surface area contributed by atoms with Crippen molar-refractivity contribution in [1.82, 2.24) is 9.88 Å². The normalized spacial score (nSPS) is 21.1. The Hall–Kier alpha value is -1.23. The van der Waals surface area contributed by atoms with Gasteiger partial charge in [0.15, 0.2) is 0 Å². The summed E-state index contributed by atoms with van der Waals surface area (Å²) in [6, 6.07) is 6.70. The van der Waals surface area contributed by atoms with Crippen LogP contribution in [0.25, 0.3) is 0 Å². The lowest BCUT2D eigenvalue weighted by molar-refractivity contribution is 0.0386. The lowest BCUT2D eigenvalue weighted by Crippen LogP contribution is -2.42. The van der Waals surface area contributed by atoms with E-state index < -0.39 is 0 Å². The van der Waals surface area contributed by atoms with E-state index >= 15 is 0 Å². The van der Waals surface area contributed by atoms with E-state index in [2.05, 4.69) is 61.2 Å². The minimum atomic E-state index is -0.00577. The minimum absolute atomic E-state index is 0.00577. The van der Waals surface area contributed by atoms with E-state index in [0.717, 1.165) is 38.4 Å². The first-order valence-corrected chi connectivity index (χ1v) is 11.0. The topological polar surface area (TPSA) is 25.4 Å². The summed E-state index contributed by atoms with van der Waals surface area (Å²) in [6.45, 7) is 14.9. The molecule has 1 aliphatic heterocycles. The fraction of sp³-hybridized carbons (Fsp3) is 0.609. The molecule has 1 atom stereocenters. The van der Waals surface area contributed by atoms with E-state index in [4.69, 9.17) is 4.74 Å². The maximum Gasteiger partial charge on any atom is 0.0535 e. The average Bonchev–Trinajstić information content (AvgIpc) is 3.26. The molecule has 0 bridgehead atoms. The summed E-state index contributed by atoms with van der Waals surface area (Å²) in [7, 11) is 0. The molecule has 4 heteroatoms. The van der Waals surface area contributed by atoms with Crippen molar-refractivity contribution in [1.29, 1.82) is 0 Å². The zero-order chi connectivity index (χ0) is 19.5. The largest absolute Gasteiger partial charge is 0.381 e. The van der Waals surface area contributed by atoms with Crippen LogP contribution in [0.1, 0.15) is 55.3 Å². The van der Waals surface area contributed by atoms with Crippen LogP contribution in [-0.4, -0.2) is 36.2 Å². The Morgan fingerprint density at radius 3 is 2.74 bits per heavy atom. The third-order valence-corrected chi connectivity index (χ3v) is 7.26. The average molecular weight is 387 g/mol. The maximum absolute atomic E-state index is 5.96. The summed E-state index contributed by atoms with van der Waals surface area (Å²) in [4.78, 5) is 8.67. The van der Waals surface area contributed by atoms with Gasteiger partial charge in [-0.3, -0.25) is 9.88 Å². The van der Waals surface area contributed by atoms with Crippen molar-refractivity contribution in [3.63, 3.8) is 0 Å². The molecular weight excluding hydrogens is 352 g/mol. The van der Waals surface area contributed by atoms with Crippen LogP contribution >= 0.6 is 11.3 Å². The molecule has 0 amide bonds. The Kier molecular flexibility index (Phi) is 6.39. The van der Waals surface area contributed by atoms with Crippen LogP contribution in [0.15, 0.2) is 29.8 Å². The third kappa shape index (κ3) is 4.79. The first-order valence-electron chi connectivity index (χ1n) is 10.1. The molecule has 148 valence electrons. The zero-order valence-corrected chi connectivity index (χ0v) is 18.4. The molecule has 1 fully saturated rings. The van der Waals surface area contributed by atoms with Gasteiger partial charge in [0.25, 0.3) is 0 Å². The van der Waals surface area contributed by atoms with Gasteiger partial charge in [-0.15, -0.1) is 11.3 Å². The van der Waals surface area contributed by atoms with Crippen molar-refractivity contribution in [2.45, 2.75) is 59.4 Å². The van der Waals surface area contributed by atoms with Gasteiger partial charge in [0.05, 0.1) is 6.61 Å². The summed E-state index contributed by atoms with van der Waals surface area (Å²) in [5.74, 6) is 0. The van der Waals surface area contributed by atoms with E-state index in [1.807, 2.05) is 24.5 Å². The van der Waals surface area contributed by atoms with Gasteiger partial charge in [0.2, 0.25) is 0 Å². The molecule has 0 radical (unpaired) electrons. The smallest absolute Gasteiger partial charge is 0.0535 e. The number of aromatic nitrogens is 1. The first kappa shape index (κ1) is 20.5. The van der Waals surface area contributed by atoms with Crippen LogP contribution in [0.3, 0.4) is 0 Å². The number of pyridine rings is 1. The Morgan fingerprint density at radius 1 is 1.30 bits per heavy atom. The number of hydrogen-bond acceptors (Lipinski definition) is 4. The van der Waals surface area contributed by atoms with Gasteiger partial charge in [-0.2, -0.15) is 0 Å². The van der Waals surface area contributed by atoms with E-state index in [-0.39, 0.29) is 11.0 Å². The molecule has 2 aromatic heterocycles.